The third-order valence-corrected chi connectivity index (χ3v) is 11.0. The lowest BCUT2D eigenvalue weighted by Gasteiger charge is -2.35. The third kappa shape index (κ3) is 6.40. The Kier molecular flexibility index (Phi) is 8.76. The number of aryl methyl sites for hydroxylation is 2. The molecule has 5 rings (SSSR count). The first-order chi connectivity index (χ1) is 20.1. The minimum atomic E-state index is -3.96. The minimum Gasteiger partial charge on any atom is -0.492 e. The fourth-order valence-electron chi connectivity index (χ4n) is 4.98. The zero-order chi connectivity index (χ0) is 29.9. The molecule has 0 aromatic heterocycles. The fraction of sp³-hybridized carbons (Fsp3) is 0.367. The SMILES string of the molecule is Cc1ccc(S(=O)(=O)N2C[C@@H](C(=O)NCCOc3ccc(S(=O)(=O)N4CCCCC4)cc3)Oc3ccc(C)cc32)cc1. The van der Waals surface area contributed by atoms with Gasteiger partial charge in [-0.2, -0.15) is 4.31 Å². The highest BCUT2D eigenvalue weighted by atomic mass is 32.2. The molecule has 1 saturated heterocycles. The highest BCUT2D eigenvalue weighted by Crippen LogP contribution is 2.37. The molecule has 0 radical (unpaired) electrons. The summed E-state index contributed by atoms with van der Waals surface area (Å²) in [5.41, 5.74) is 2.18. The first kappa shape index (κ1) is 29.9. The second-order valence-corrected chi connectivity index (χ2v) is 14.3. The molecule has 2 heterocycles. The van der Waals surface area contributed by atoms with E-state index >= 15 is 0 Å². The van der Waals surface area contributed by atoms with Gasteiger partial charge in [-0.3, -0.25) is 9.10 Å². The van der Waals surface area contributed by atoms with E-state index in [1.165, 1.54) is 20.7 Å². The lowest BCUT2D eigenvalue weighted by molar-refractivity contribution is -0.127. The number of amides is 1. The Balaban J connectivity index is 1.20. The van der Waals surface area contributed by atoms with E-state index in [-0.39, 0.29) is 29.5 Å². The van der Waals surface area contributed by atoms with Crippen molar-refractivity contribution in [1.29, 1.82) is 0 Å². The van der Waals surface area contributed by atoms with Crippen molar-refractivity contribution in [3.05, 3.63) is 77.9 Å². The zero-order valence-corrected chi connectivity index (χ0v) is 25.3. The first-order valence-corrected chi connectivity index (χ1v) is 16.8. The number of carbonyl (C=O) groups excluding carboxylic acids is 1. The number of anilines is 1. The Bertz CT molecular complexity index is 1640. The fourth-order valence-corrected chi connectivity index (χ4v) is 7.97. The number of carbonyl (C=O) groups is 1. The number of benzene rings is 3. The normalized spacial score (nSPS) is 17.7. The number of hydrogen-bond acceptors (Lipinski definition) is 7. The standard InChI is InChI=1S/C30H35N3O7S2/c1-22-6-11-26(12-7-22)42(37,38)33-21-29(40-28-15-8-23(2)20-27(28)33)30(34)31-16-19-39-24-9-13-25(14-10-24)41(35,36)32-17-4-3-5-18-32/h6-15,20,29H,3-5,16-19,21H2,1-2H3,(H,31,34)/t29-/m0/s1. The van der Waals surface area contributed by atoms with E-state index < -0.39 is 32.1 Å². The lowest BCUT2D eigenvalue weighted by Crippen LogP contribution is -2.51. The number of ether oxygens (including phenoxy) is 2. The van der Waals surface area contributed by atoms with E-state index in [1.807, 2.05) is 13.8 Å². The number of fused-ring (bicyclic) bond motifs is 1. The summed E-state index contributed by atoms with van der Waals surface area (Å²) in [4.78, 5) is 13.4. The van der Waals surface area contributed by atoms with Crippen molar-refractivity contribution in [2.75, 3.05) is 37.1 Å². The Morgan fingerprint density at radius 2 is 1.48 bits per heavy atom. The quantitative estimate of drug-likeness (QED) is 0.366. The summed E-state index contributed by atoms with van der Waals surface area (Å²) < 4.78 is 67.3. The predicted octanol–water partition coefficient (Wildman–Crippen LogP) is 3.63. The highest BCUT2D eigenvalue weighted by Gasteiger charge is 2.37. The third-order valence-electron chi connectivity index (χ3n) is 7.33. The second-order valence-electron chi connectivity index (χ2n) is 10.5. The molecule has 1 atom stereocenters. The Morgan fingerprint density at radius 3 is 2.17 bits per heavy atom. The molecule has 3 aromatic rings. The van der Waals surface area contributed by atoms with Crippen LogP contribution in [0.1, 0.15) is 30.4 Å². The molecular formula is C30H35N3O7S2. The van der Waals surface area contributed by atoms with Crippen molar-refractivity contribution in [2.45, 2.75) is 49.0 Å². The molecule has 0 bridgehead atoms. The van der Waals surface area contributed by atoms with Gasteiger partial charge in [-0.15, -0.1) is 0 Å². The van der Waals surface area contributed by atoms with Gasteiger partial charge in [-0.25, -0.2) is 16.8 Å². The average molecular weight is 614 g/mol. The molecule has 0 saturated carbocycles. The number of rotatable bonds is 9. The molecule has 224 valence electrons. The zero-order valence-electron chi connectivity index (χ0n) is 23.7. The smallest absolute Gasteiger partial charge is 0.264 e. The van der Waals surface area contributed by atoms with Crippen LogP contribution in [0.25, 0.3) is 0 Å². The average Bonchev–Trinajstić information content (AvgIpc) is 2.99. The van der Waals surface area contributed by atoms with E-state index in [0.717, 1.165) is 30.4 Å². The van der Waals surface area contributed by atoms with Gasteiger partial charge in [-0.1, -0.05) is 30.2 Å². The molecule has 0 spiro atoms. The summed E-state index contributed by atoms with van der Waals surface area (Å²) in [7, 11) is -7.48. The summed E-state index contributed by atoms with van der Waals surface area (Å²) >= 11 is 0. The van der Waals surface area contributed by atoms with Crippen LogP contribution in [0, 0.1) is 13.8 Å². The molecule has 10 nitrogen and oxygen atoms in total. The predicted molar refractivity (Wildman–Crippen MR) is 159 cm³/mol. The van der Waals surface area contributed by atoms with Gasteiger partial charge in [0, 0.05) is 13.1 Å². The molecule has 42 heavy (non-hydrogen) atoms. The van der Waals surface area contributed by atoms with Gasteiger partial charge >= 0.3 is 0 Å². The first-order valence-electron chi connectivity index (χ1n) is 13.9. The van der Waals surface area contributed by atoms with Crippen molar-refractivity contribution in [1.82, 2.24) is 9.62 Å². The molecule has 0 unspecified atom stereocenters. The van der Waals surface area contributed by atoms with Crippen molar-refractivity contribution < 1.29 is 31.1 Å². The number of piperidine rings is 1. The Labute approximate surface area is 247 Å². The summed E-state index contributed by atoms with van der Waals surface area (Å²) in [6, 6.07) is 18.0. The highest BCUT2D eigenvalue weighted by molar-refractivity contribution is 7.92. The van der Waals surface area contributed by atoms with Gasteiger partial charge in [-0.05, 0) is 80.8 Å². The van der Waals surface area contributed by atoms with Crippen molar-refractivity contribution >= 4 is 31.6 Å². The van der Waals surface area contributed by atoms with Gasteiger partial charge in [0.2, 0.25) is 10.0 Å². The monoisotopic (exact) mass is 613 g/mol. The van der Waals surface area contributed by atoms with Gasteiger partial charge < -0.3 is 14.8 Å². The maximum absolute atomic E-state index is 13.6. The van der Waals surface area contributed by atoms with E-state index in [0.29, 0.717) is 30.3 Å². The van der Waals surface area contributed by atoms with Crippen LogP contribution in [-0.4, -0.2) is 65.9 Å². The summed E-state index contributed by atoms with van der Waals surface area (Å²) in [5, 5.41) is 2.75. The molecule has 1 fully saturated rings. The number of nitrogens with one attached hydrogen (secondary N) is 1. The van der Waals surface area contributed by atoms with E-state index in [9.17, 15) is 21.6 Å². The molecule has 2 aliphatic heterocycles. The maximum atomic E-state index is 13.6. The Morgan fingerprint density at radius 1 is 0.857 bits per heavy atom. The van der Waals surface area contributed by atoms with Gasteiger partial charge in [0.15, 0.2) is 6.10 Å². The molecule has 1 amide bonds. The van der Waals surface area contributed by atoms with Crippen LogP contribution in [0.3, 0.4) is 0 Å². The Hall–Kier alpha value is -3.61. The molecule has 2 aliphatic rings. The maximum Gasteiger partial charge on any atom is 0.264 e. The van der Waals surface area contributed by atoms with Crippen LogP contribution in [0.5, 0.6) is 11.5 Å². The summed E-state index contributed by atoms with van der Waals surface area (Å²) in [6.07, 6.45) is 1.70. The van der Waals surface area contributed by atoms with Crippen molar-refractivity contribution in [2.24, 2.45) is 0 Å². The van der Waals surface area contributed by atoms with Gasteiger partial charge in [0.25, 0.3) is 15.9 Å². The van der Waals surface area contributed by atoms with Crippen LogP contribution in [0.2, 0.25) is 0 Å². The topological polar surface area (TPSA) is 122 Å². The van der Waals surface area contributed by atoms with E-state index in [2.05, 4.69) is 5.32 Å². The van der Waals surface area contributed by atoms with E-state index in [4.69, 9.17) is 9.47 Å². The molecule has 1 N–H and O–H groups in total. The molecule has 0 aliphatic carbocycles. The molecule has 3 aromatic carbocycles. The number of hydrogen-bond donors (Lipinski definition) is 1. The lowest BCUT2D eigenvalue weighted by atomic mass is 10.1. The van der Waals surface area contributed by atoms with Crippen molar-refractivity contribution in [3.63, 3.8) is 0 Å². The summed E-state index contributed by atoms with van der Waals surface area (Å²) in [6.45, 7) is 4.88. The van der Waals surface area contributed by atoms with Gasteiger partial charge in [0.1, 0.15) is 18.1 Å². The van der Waals surface area contributed by atoms with Crippen LogP contribution in [0.4, 0.5) is 5.69 Å². The number of sulfonamides is 2. The number of nitrogens with zero attached hydrogens (tertiary/aromatic N) is 2. The van der Waals surface area contributed by atoms with Crippen molar-refractivity contribution in [3.8, 4) is 11.5 Å². The molecular weight excluding hydrogens is 578 g/mol. The minimum absolute atomic E-state index is 0.123. The summed E-state index contributed by atoms with van der Waals surface area (Å²) in [5.74, 6) is 0.297. The van der Waals surface area contributed by atoms with E-state index in [1.54, 1.807) is 54.6 Å². The largest absolute Gasteiger partial charge is 0.492 e. The van der Waals surface area contributed by atoms with Crippen LogP contribution in [0.15, 0.2) is 76.5 Å². The van der Waals surface area contributed by atoms with Crippen LogP contribution in [-0.2, 0) is 24.8 Å². The van der Waals surface area contributed by atoms with Crippen LogP contribution >= 0.6 is 0 Å². The second kappa shape index (κ2) is 12.3. The molecule has 12 heteroatoms. The van der Waals surface area contributed by atoms with Gasteiger partial charge in [0.05, 0.1) is 28.6 Å². The van der Waals surface area contributed by atoms with Crippen LogP contribution < -0.4 is 19.1 Å².